The van der Waals surface area contributed by atoms with Gasteiger partial charge in [-0.1, -0.05) is 48.2 Å². The molecular weight excluding hydrogens is 374 g/mol. The molecule has 0 amide bonds. The van der Waals surface area contributed by atoms with Crippen LogP contribution in [0.25, 0.3) is 11.4 Å². The summed E-state index contributed by atoms with van der Waals surface area (Å²) in [5, 5.41) is 9.24. The summed E-state index contributed by atoms with van der Waals surface area (Å²) in [6.07, 6.45) is 1.78. The average Bonchev–Trinajstić information content (AvgIpc) is 3.15. The minimum Gasteiger partial charge on any atom is -0.497 e. The molecule has 144 valence electrons. The summed E-state index contributed by atoms with van der Waals surface area (Å²) in [5.41, 5.74) is 1.44. The Balaban J connectivity index is 1.82. The van der Waals surface area contributed by atoms with E-state index in [1.54, 1.807) is 38.5 Å². The molecule has 0 N–H and O–H groups in total. The van der Waals surface area contributed by atoms with Crippen molar-refractivity contribution in [3.63, 3.8) is 0 Å². The molecule has 0 unspecified atom stereocenters. The van der Waals surface area contributed by atoms with E-state index in [1.807, 2.05) is 34.9 Å². The molecule has 1 aromatic heterocycles. The zero-order valence-electron chi connectivity index (χ0n) is 15.8. The number of methoxy groups -OCH3 is 2. The Morgan fingerprint density at radius 3 is 2.61 bits per heavy atom. The third-order valence-corrected chi connectivity index (χ3v) is 5.07. The smallest absolute Gasteiger partial charge is 0.192 e. The summed E-state index contributed by atoms with van der Waals surface area (Å²) in [5.74, 6) is 2.00. The van der Waals surface area contributed by atoms with Crippen molar-refractivity contribution in [1.29, 1.82) is 0 Å². The van der Waals surface area contributed by atoms with Gasteiger partial charge in [0, 0.05) is 12.1 Å². The van der Waals surface area contributed by atoms with E-state index in [9.17, 15) is 4.79 Å². The van der Waals surface area contributed by atoms with Crippen molar-refractivity contribution in [2.24, 2.45) is 0 Å². The number of carbonyl (C=O) groups excluding carboxylic acids is 1. The quantitative estimate of drug-likeness (QED) is 0.308. The van der Waals surface area contributed by atoms with Crippen molar-refractivity contribution < 1.29 is 14.3 Å². The van der Waals surface area contributed by atoms with Gasteiger partial charge in [-0.2, -0.15) is 0 Å². The van der Waals surface area contributed by atoms with Gasteiger partial charge in [0.1, 0.15) is 11.5 Å². The van der Waals surface area contributed by atoms with Gasteiger partial charge in [-0.05, 0) is 18.2 Å². The summed E-state index contributed by atoms with van der Waals surface area (Å²) in [4.78, 5) is 12.8. The zero-order valence-corrected chi connectivity index (χ0v) is 16.6. The van der Waals surface area contributed by atoms with Crippen LogP contribution in [-0.2, 0) is 6.54 Å². The molecule has 2 aromatic carbocycles. The fourth-order valence-corrected chi connectivity index (χ4v) is 3.56. The molecule has 0 atom stereocenters. The van der Waals surface area contributed by atoms with E-state index in [0.717, 1.165) is 11.4 Å². The Morgan fingerprint density at radius 2 is 1.93 bits per heavy atom. The molecule has 7 heteroatoms. The molecule has 0 fully saturated rings. The minimum absolute atomic E-state index is 0.0739. The third kappa shape index (κ3) is 4.26. The van der Waals surface area contributed by atoms with Crippen molar-refractivity contribution >= 4 is 17.5 Å². The van der Waals surface area contributed by atoms with Gasteiger partial charge in [-0.3, -0.25) is 9.36 Å². The standard InChI is InChI=1S/C21H21N3O3S/c1-4-12-24-20(15-8-6-5-7-9-15)22-23-21(24)28-14-18(25)17-13-16(26-2)10-11-19(17)27-3/h4-11,13H,1,12,14H2,2-3H3. The van der Waals surface area contributed by atoms with Crippen LogP contribution in [0.2, 0.25) is 0 Å². The largest absolute Gasteiger partial charge is 0.497 e. The van der Waals surface area contributed by atoms with Gasteiger partial charge >= 0.3 is 0 Å². The number of thioether (sulfide) groups is 1. The number of carbonyl (C=O) groups is 1. The van der Waals surface area contributed by atoms with Crippen LogP contribution in [-0.4, -0.2) is 40.5 Å². The lowest BCUT2D eigenvalue weighted by atomic mass is 10.1. The van der Waals surface area contributed by atoms with Gasteiger partial charge in [0.15, 0.2) is 16.8 Å². The lowest BCUT2D eigenvalue weighted by Crippen LogP contribution is -2.07. The number of Topliss-reactive ketones (excluding diaryl/α,β-unsaturated/α-hetero) is 1. The van der Waals surface area contributed by atoms with Gasteiger partial charge < -0.3 is 9.47 Å². The van der Waals surface area contributed by atoms with Crippen LogP contribution >= 0.6 is 11.8 Å². The van der Waals surface area contributed by atoms with E-state index < -0.39 is 0 Å². The first-order valence-corrected chi connectivity index (χ1v) is 9.64. The Kier molecular flexibility index (Phi) is 6.49. The first-order chi connectivity index (χ1) is 13.7. The Hall–Kier alpha value is -3.06. The third-order valence-electron chi connectivity index (χ3n) is 4.10. The maximum atomic E-state index is 12.8. The second-order valence-corrected chi connectivity index (χ2v) is 6.79. The molecule has 0 aliphatic carbocycles. The number of benzene rings is 2. The van der Waals surface area contributed by atoms with Gasteiger partial charge in [0.2, 0.25) is 0 Å². The maximum absolute atomic E-state index is 12.8. The Morgan fingerprint density at radius 1 is 1.14 bits per heavy atom. The van der Waals surface area contributed by atoms with Crippen LogP contribution in [0.5, 0.6) is 11.5 Å². The molecule has 3 rings (SSSR count). The van der Waals surface area contributed by atoms with E-state index in [0.29, 0.717) is 28.8 Å². The van der Waals surface area contributed by atoms with E-state index >= 15 is 0 Å². The summed E-state index contributed by atoms with van der Waals surface area (Å²) >= 11 is 1.33. The molecule has 0 saturated carbocycles. The topological polar surface area (TPSA) is 66.2 Å². The Bertz CT molecular complexity index is 970. The van der Waals surface area contributed by atoms with E-state index in [2.05, 4.69) is 16.8 Å². The molecule has 0 saturated heterocycles. The molecule has 28 heavy (non-hydrogen) atoms. The first kappa shape index (κ1) is 19.7. The molecule has 3 aromatic rings. The second kappa shape index (κ2) is 9.23. The molecule has 6 nitrogen and oxygen atoms in total. The van der Waals surface area contributed by atoms with Gasteiger partial charge in [0.25, 0.3) is 0 Å². The highest BCUT2D eigenvalue weighted by Gasteiger charge is 2.18. The summed E-state index contributed by atoms with van der Waals surface area (Å²) in [6.45, 7) is 4.36. The Labute approximate surface area is 168 Å². The summed E-state index contributed by atoms with van der Waals surface area (Å²) in [6, 6.07) is 15.0. The van der Waals surface area contributed by atoms with Gasteiger partial charge in [-0.25, -0.2) is 0 Å². The number of hydrogen-bond donors (Lipinski definition) is 0. The molecule has 1 heterocycles. The fraction of sp³-hybridized carbons (Fsp3) is 0.190. The second-order valence-electron chi connectivity index (χ2n) is 5.85. The minimum atomic E-state index is -0.0739. The van der Waals surface area contributed by atoms with Crippen LogP contribution < -0.4 is 9.47 Å². The van der Waals surface area contributed by atoms with Crippen LogP contribution in [0.1, 0.15) is 10.4 Å². The monoisotopic (exact) mass is 395 g/mol. The lowest BCUT2D eigenvalue weighted by Gasteiger charge is -2.10. The highest BCUT2D eigenvalue weighted by molar-refractivity contribution is 7.99. The van der Waals surface area contributed by atoms with Gasteiger partial charge in [-0.15, -0.1) is 16.8 Å². The number of hydrogen-bond acceptors (Lipinski definition) is 6. The van der Waals surface area contributed by atoms with Crippen molar-refractivity contribution in [3.05, 3.63) is 66.7 Å². The number of aromatic nitrogens is 3. The number of rotatable bonds is 9. The van der Waals surface area contributed by atoms with Crippen molar-refractivity contribution in [2.75, 3.05) is 20.0 Å². The first-order valence-electron chi connectivity index (χ1n) is 8.65. The number of allylic oxidation sites excluding steroid dienone is 1. The SMILES string of the molecule is C=CCn1c(SCC(=O)c2cc(OC)ccc2OC)nnc1-c1ccccc1. The molecule has 0 aliphatic heterocycles. The fourth-order valence-electron chi connectivity index (χ4n) is 2.73. The number of ketones is 1. The predicted octanol–water partition coefficient (Wildman–Crippen LogP) is 4.12. The predicted molar refractivity (Wildman–Crippen MR) is 110 cm³/mol. The molecule has 0 spiro atoms. The van der Waals surface area contributed by atoms with Crippen LogP contribution in [0.4, 0.5) is 0 Å². The average molecular weight is 395 g/mol. The summed E-state index contributed by atoms with van der Waals surface area (Å²) < 4.78 is 12.5. The lowest BCUT2D eigenvalue weighted by molar-refractivity contribution is 0.101. The molecule has 0 aliphatic rings. The van der Waals surface area contributed by atoms with Crippen molar-refractivity contribution in [2.45, 2.75) is 11.7 Å². The highest BCUT2D eigenvalue weighted by atomic mass is 32.2. The molecule has 0 radical (unpaired) electrons. The van der Waals surface area contributed by atoms with Crippen molar-refractivity contribution in [1.82, 2.24) is 14.8 Å². The van der Waals surface area contributed by atoms with E-state index in [-0.39, 0.29) is 11.5 Å². The van der Waals surface area contributed by atoms with E-state index in [1.165, 1.54) is 11.8 Å². The van der Waals surface area contributed by atoms with Crippen LogP contribution in [0.3, 0.4) is 0 Å². The van der Waals surface area contributed by atoms with Crippen molar-refractivity contribution in [3.8, 4) is 22.9 Å². The number of nitrogens with zero attached hydrogens (tertiary/aromatic N) is 3. The molecule has 0 bridgehead atoms. The van der Waals surface area contributed by atoms with Crippen LogP contribution in [0, 0.1) is 0 Å². The maximum Gasteiger partial charge on any atom is 0.192 e. The number of ether oxygens (including phenoxy) is 2. The summed E-state index contributed by atoms with van der Waals surface area (Å²) in [7, 11) is 3.10. The van der Waals surface area contributed by atoms with Crippen LogP contribution in [0.15, 0.2) is 66.3 Å². The normalized spacial score (nSPS) is 10.5. The highest BCUT2D eigenvalue weighted by Crippen LogP contribution is 2.28. The van der Waals surface area contributed by atoms with Gasteiger partial charge in [0.05, 0.1) is 25.5 Å². The molecular formula is C21H21N3O3S. The van der Waals surface area contributed by atoms with E-state index in [4.69, 9.17) is 9.47 Å². The zero-order chi connectivity index (χ0) is 19.9.